The van der Waals surface area contributed by atoms with Crippen molar-refractivity contribution in [3.05, 3.63) is 0 Å². The molecule has 0 aliphatic heterocycles. The van der Waals surface area contributed by atoms with Crippen LogP contribution in [-0.2, 0) is 0 Å². The first-order valence-electron chi connectivity index (χ1n) is 2.10. The van der Waals surface area contributed by atoms with Crippen LogP contribution < -0.4 is 0 Å². The highest BCUT2D eigenvalue weighted by Crippen LogP contribution is 2.03. The number of rotatable bonds is 0. The molecule has 2 nitrogen and oxygen atoms in total. The van der Waals surface area contributed by atoms with Crippen LogP contribution in [0.2, 0.25) is 0 Å². The van der Waals surface area contributed by atoms with Crippen molar-refractivity contribution < 1.29 is 0 Å². The molecule has 0 aliphatic carbocycles. The summed E-state index contributed by atoms with van der Waals surface area (Å²) in [6.45, 7) is 2.86. The summed E-state index contributed by atoms with van der Waals surface area (Å²) in [7, 11) is 0. The number of halogens is 3. The number of hydrogen-bond acceptors (Lipinski definition) is 2. The highest BCUT2D eigenvalue weighted by Gasteiger charge is 1.78. The van der Waals surface area contributed by atoms with Gasteiger partial charge in [-0.15, -0.1) is 0 Å². The monoisotopic (exact) mass is 200 g/mol. The number of nitrogens with zero attached hydrogens (tertiary/aromatic N) is 2. The van der Waals surface area contributed by atoms with Crippen LogP contribution in [-0.4, -0.2) is 4.30 Å². The predicted molar refractivity (Wildman–Crippen MR) is 43.9 cm³/mol. The van der Waals surface area contributed by atoms with Crippen molar-refractivity contribution in [1.29, 1.82) is 10.5 Å². The average molecular weight is 201 g/mol. The Morgan fingerprint density at radius 2 is 1.00 bits per heavy atom. The van der Waals surface area contributed by atoms with Crippen molar-refractivity contribution in [2.75, 3.05) is 0 Å². The van der Waals surface area contributed by atoms with Crippen LogP contribution in [0.25, 0.3) is 0 Å². The lowest BCUT2D eigenvalue weighted by atomic mass is 11.0. The van der Waals surface area contributed by atoms with E-state index in [1.807, 2.05) is 0 Å². The number of alkyl halides is 3. The van der Waals surface area contributed by atoms with E-state index in [1.165, 1.54) is 13.8 Å². The first kappa shape index (κ1) is 16.4. The summed E-state index contributed by atoms with van der Waals surface area (Å²) in [5.74, 6) is 0. The van der Waals surface area contributed by atoms with Crippen LogP contribution in [0, 0.1) is 22.7 Å². The maximum Gasteiger partial charge on any atom is 0.180 e. The summed E-state index contributed by atoms with van der Waals surface area (Å²) < 4.78 is -0.750. The van der Waals surface area contributed by atoms with Gasteiger partial charge in [-0.25, -0.2) is 0 Å². The van der Waals surface area contributed by atoms with Gasteiger partial charge in [-0.05, 0) is 0 Å². The van der Waals surface area contributed by atoms with Gasteiger partial charge in [0, 0.05) is 13.8 Å². The van der Waals surface area contributed by atoms with Crippen molar-refractivity contribution in [1.82, 2.24) is 0 Å². The fraction of sp³-hybridized carbons (Fsp3) is 0.600. The number of hydrogen-bond donors (Lipinski definition) is 0. The van der Waals surface area contributed by atoms with E-state index >= 15 is 0 Å². The highest BCUT2D eigenvalue weighted by atomic mass is 35.6. The molecule has 0 spiro atoms. The maximum atomic E-state index is 7.32. The molecular formula is C5H7Cl3N2. The molecule has 0 rings (SSSR count). The van der Waals surface area contributed by atoms with Crippen LogP contribution in [0.1, 0.15) is 13.8 Å². The van der Waals surface area contributed by atoms with Crippen LogP contribution >= 0.6 is 34.8 Å². The van der Waals surface area contributed by atoms with E-state index in [9.17, 15) is 0 Å². The Morgan fingerprint density at radius 3 is 1.00 bits per heavy atom. The summed E-state index contributed by atoms with van der Waals surface area (Å²) in [5, 5.41) is 14.6. The highest BCUT2D eigenvalue weighted by molar-refractivity contribution is 6.63. The van der Waals surface area contributed by atoms with Crippen LogP contribution in [0.3, 0.4) is 0 Å². The Morgan fingerprint density at radius 1 is 1.00 bits per heavy atom. The lowest BCUT2D eigenvalue weighted by Crippen LogP contribution is -1.55. The van der Waals surface area contributed by atoms with E-state index in [0.29, 0.717) is 0 Å². The third-order valence-corrected chi connectivity index (χ3v) is 0. The van der Waals surface area contributed by atoms with Crippen LogP contribution in [0.4, 0.5) is 0 Å². The molecule has 0 unspecified atom stereocenters. The third-order valence-electron chi connectivity index (χ3n) is 0. The van der Waals surface area contributed by atoms with Gasteiger partial charge in [0.05, 0.1) is 12.1 Å². The van der Waals surface area contributed by atoms with Gasteiger partial charge in [0.2, 0.25) is 0 Å². The van der Waals surface area contributed by atoms with E-state index in [-0.39, 0.29) is 0 Å². The summed E-state index contributed by atoms with van der Waals surface area (Å²) >= 11 is 14.4. The van der Waals surface area contributed by atoms with Gasteiger partial charge in [-0.2, -0.15) is 10.5 Å². The lowest BCUT2D eigenvalue weighted by molar-refractivity contribution is 1.49. The topological polar surface area (TPSA) is 47.6 Å². The molecule has 0 radical (unpaired) electrons. The maximum absolute atomic E-state index is 7.32. The van der Waals surface area contributed by atoms with Gasteiger partial charge in [0.1, 0.15) is 0 Å². The summed E-state index contributed by atoms with van der Waals surface area (Å²) in [6.07, 6.45) is 0. The quantitative estimate of drug-likeness (QED) is 0.566. The average Bonchev–Trinajstić information content (AvgIpc) is 1.65. The molecule has 0 heterocycles. The normalized spacial score (nSPS) is 5.20. The molecule has 0 aromatic carbocycles. The van der Waals surface area contributed by atoms with E-state index in [1.54, 1.807) is 12.1 Å². The summed E-state index contributed by atoms with van der Waals surface area (Å²) in [4.78, 5) is 0. The minimum Gasteiger partial charge on any atom is -0.199 e. The second-order valence-corrected chi connectivity index (χ2v) is 2.67. The Bertz CT molecular complexity index is 96.3. The molecule has 0 bridgehead atoms. The Kier molecular flexibility index (Phi) is 38.1. The predicted octanol–water partition coefficient (Wildman–Crippen LogP) is 3.05. The van der Waals surface area contributed by atoms with Crippen molar-refractivity contribution in [2.45, 2.75) is 18.1 Å². The van der Waals surface area contributed by atoms with Crippen molar-refractivity contribution in [2.24, 2.45) is 0 Å². The zero-order valence-corrected chi connectivity index (χ0v) is 7.87. The second-order valence-electron chi connectivity index (χ2n) is 0.695. The van der Waals surface area contributed by atoms with Crippen LogP contribution in [0.15, 0.2) is 0 Å². The third kappa shape index (κ3) is 16400. The molecule has 58 valence electrons. The molecule has 0 saturated carbocycles. The van der Waals surface area contributed by atoms with E-state index < -0.39 is 4.30 Å². The van der Waals surface area contributed by atoms with Crippen molar-refractivity contribution in [3.8, 4) is 12.1 Å². The first-order chi connectivity index (χ1) is 4.56. The van der Waals surface area contributed by atoms with E-state index in [4.69, 9.17) is 45.3 Å². The SMILES string of the molecule is CC#N.CC#N.ClC(Cl)Cl. The lowest BCUT2D eigenvalue weighted by Gasteiger charge is -1.69. The molecule has 0 aromatic heterocycles. The molecule has 0 atom stereocenters. The molecule has 0 fully saturated rings. The fourth-order valence-electron chi connectivity index (χ4n) is 0. The molecule has 5 heteroatoms. The van der Waals surface area contributed by atoms with Gasteiger partial charge in [-0.3, -0.25) is 0 Å². The Hall–Kier alpha value is -0.150. The van der Waals surface area contributed by atoms with Crippen LogP contribution in [0.5, 0.6) is 0 Å². The second kappa shape index (κ2) is 23.2. The minimum absolute atomic E-state index is 0.750. The van der Waals surface area contributed by atoms with Gasteiger partial charge in [0.15, 0.2) is 4.30 Å². The van der Waals surface area contributed by atoms with E-state index in [2.05, 4.69) is 0 Å². The molecule has 0 aromatic rings. The molecule has 10 heavy (non-hydrogen) atoms. The van der Waals surface area contributed by atoms with Gasteiger partial charge in [-0.1, -0.05) is 34.8 Å². The van der Waals surface area contributed by atoms with Crippen molar-refractivity contribution in [3.63, 3.8) is 0 Å². The Labute approximate surface area is 75.9 Å². The fourth-order valence-corrected chi connectivity index (χ4v) is 0. The van der Waals surface area contributed by atoms with Gasteiger partial charge in [0.25, 0.3) is 0 Å². The number of nitriles is 2. The van der Waals surface area contributed by atoms with Crippen molar-refractivity contribution >= 4 is 34.8 Å². The molecule has 0 amide bonds. The zero-order chi connectivity index (χ0) is 8.99. The smallest absolute Gasteiger partial charge is 0.180 e. The van der Waals surface area contributed by atoms with Gasteiger partial charge < -0.3 is 0 Å². The first-order valence-corrected chi connectivity index (χ1v) is 3.41. The molecular weight excluding hydrogens is 194 g/mol. The standard InChI is InChI=1S/2C2H3N.CHCl3/c2*1-2-3;2-1(3)4/h2*1H3;1H. The van der Waals surface area contributed by atoms with Gasteiger partial charge >= 0.3 is 0 Å². The minimum atomic E-state index is -0.750. The molecule has 0 saturated heterocycles. The zero-order valence-electron chi connectivity index (χ0n) is 5.61. The Balaban J connectivity index is -0.0000000750. The molecule has 0 aliphatic rings. The molecule has 0 N–H and O–H groups in total. The largest absolute Gasteiger partial charge is 0.199 e. The summed E-state index contributed by atoms with van der Waals surface area (Å²) in [6, 6.07) is 3.50. The van der Waals surface area contributed by atoms with E-state index in [0.717, 1.165) is 0 Å². The summed E-state index contributed by atoms with van der Waals surface area (Å²) in [5.41, 5.74) is 0.